The van der Waals surface area contributed by atoms with Crippen molar-refractivity contribution in [3.63, 3.8) is 0 Å². The molecule has 0 saturated carbocycles. The van der Waals surface area contributed by atoms with E-state index >= 15 is 0 Å². The molecule has 28 heavy (non-hydrogen) atoms. The summed E-state index contributed by atoms with van der Waals surface area (Å²) in [6.45, 7) is 1.69. The molecule has 2 aliphatic rings. The van der Waals surface area contributed by atoms with Gasteiger partial charge < -0.3 is 20.1 Å². The Morgan fingerprint density at radius 1 is 1.32 bits per heavy atom. The van der Waals surface area contributed by atoms with Crippen LogP contribution in [0.1, 0.15) is 35.9 Å². The number of nitrogens with one attached hydrogen (secondary N) is 1. The maximum Gasteiger partial charge on any atom is 0.231 e. The first-order valence-corrected chi connectivity index (χ1v) is 10.2. The molecular weight excluding hydrogens is 380 g/mol. The first-order valence-electron chi connectivity index (χ1n) is 9.40. The lowest BCUT2D eigenvalue weighted by atomic mass is 10.1. The normalized spacial score (nSPS) is 22.0. The van der Waals surface area contributed by atoms with Crippen molar-refractivity contribution < 1.29 is 19.4 Å². The van der Waals surface area contributed by atoms with Crippen molar-refractivity contribution in [1.29, 1.82) is 0 Å². The molecule has 0 radical (unpaired) electrons. The molecule has 4 rings (SSSR count). The number of anilines is 1. The molecule has 8 nitrogen and oxygen atoms in total. The number of benzene rings is 1. The first kappa shape index (κ1) is 18.8. The van der Waals surface area contributed by atoms with E-state index < -0.39 is 0 Å². The molecule has 0 bridgehead atoms. The monoisotopic (exact) mass is 402 g/mol. The van der Waals surface area contributed by atoms with Gasteiger partial charge in [-0.2, -0.15) is 0 Å². The van der Waals surface area contributed by atoms with Crippen molar-refractivity contribution in [2.24, 2.45) is 5.92 Å². The summed E-state index contributed by atoms with van der Waals surface area (Å²) in [6.07, 6.45) is 2.80. The molecule has 2 atom stereocenters. The minimum Gasteiger partial charge on any atom is -0.508 e. The predicted molar refractivity (Wildman–Crippen MR) is 103 cm³/mol. The second-order valence-electron chi connectivity index (χ2n) is 7.09. The number of nitrogens with zero attached hydrogens (tertiary/aromatic N) is 3. The minimum atomic E-state index is -0.387. The number of aromatic hydroxyl groups is 1. The van der Waals surface area contributed by atoms with Crippen molar-refractivity contribution in [2.45, 2.75) is 31.8 Å². The van der Waals surface area contributed by atoms with Crippen LogP contribution in [-0.4, -0.2) is 51.7 Å². The number of amides is 2. The summed E-state index contributed by atoms with van der Waals surface area (Å²) in [5.74, 6) is -0.383. The summed E-state index contributed by atoms with van der Waals surface area (Å²) in [5.41, 5.74) is 1.04. The molecule has 2 aromatic rings. The number of aromatic nitrogens is 2. The van der Waals surface area contributed by atoms with Gasteiger partial charge in [-0.3, -0.25) is 9.59 Å². The topological polar surface area (TPSA) is 105 Å². The van der Waals surface area contributed by atoms with Gasteiger partial charge in [-0.25, -0.2) is 0 Å². The van der Waals surface area contributed by atoms with E-state index in [1.165, 1.54) is 11.3 Å². The van der Waals surface area contributed by atoms with Gasteiger partial charge in [-0.1, -0.05) is 23.5 Å². The van der Waals surface area contributed by atoms with Crippen LogP contribution in [0.25, 0.3) is 0 Å². The average Bonchev–Trinajstić information content (AvgIpc) is 3.42. The molecule has 2 saturated heterocycles. The highest BCUT2D eigenvalue weighted by Gasteiger charge is 2.34. The van der Waals surface area contributed by atoms with Crippen LogP contribution in [-0.2, 0) is 20.7 Å². The lowest BCUT2D eigenvalue weighted by Crippen LogP contribution is -2.30. The van der Waals surface area contributed by atoms with E-state index in [0.29, 0.717) is 24.6 Å². The van der Waals surface area contributed by atoms with Gasteiger partial charge in [0.1, 0.15) is 16.9 Å². The number of likely N-dealkylation sites (tertiary alicyclic amines) is 1. The van der Waals surface area contributed by atoms with Gasteiger partial charge in [-0.15, -0.1) is 10.2 Å². The largest absolute Gasteiger partial charge is 0.508 e. The van der Waals surface area contributed by atoms with Crippen molar-refractivity contribution in [3.8, 4) is 5.75 Å². The standard InChI is InChI=1S/C19H22N4O4S/c24-14-5-3-12(4-6-14)7-8-23-11-13(10-16(23)25)17(26)20-19-22-21-18(28-19)15-2-1-9-27-15/h3-6,13,15,24H,1-2,7-11H2,(H,20,22,26)/t13-,15-/m1/s1. The van der Waals surface area contributed by atoms with Crippen molar-refractivity contribution in [3.05, 3.63) is 34.8 Å². The molecule has 1 aromatic heterocycles. The summed E-state index contributed by atoms with van der Waals surface area (Å²) in [6, 6.07) is 6.93. The van der Waals surface area contributed by atoms with Gasteiger partial charge in [0.25, 0.3) is 0 Å². The average molecular weight is 402 g/mol. The zero-order valence-electron chi connectivity index (χ0n) is 15.3. The summed E-state index contributed by atoms with van der Waals surface area (Å²) < 4.78 is 5.59. The van der Waals surface area contributed by atoms with Crippen LogP contribution >= 0.6 is 11.3 Å². The highest BCUT2D eigenvalue weighted by molar-refractivity contribution is 7.15. The summed E-state index contributed by atoms with van der Waals surface area (Å²) >= 11 is 1.33. The van der Waals surface area contributed by atoms with E-state index in [4.69, 9.17) is 4.74 Å². The number of carbonyl (C=O) groups excluding carboxylic acids is 2. The van der Waals surface area contributed by atoms with Crippen molar-refractivity contribution in [1.82, 2.24) is 15.1 Å². The molecule has 2 fully saturated rings. The quantitative estimate of drug-likeness (QED) is 0.767. The smallest absolute Gasteiger partial charge is 0.231 e. The van der Waals surface area contributed by atoms with E-state index in [1.807, 2.05) is 12.1 Å². The number of phenols is 1. The third-order valence-corrected chi connectivity index (χ3v) is 6.00. The third-order valence-electron chi connectivity index (χ3n) is 5.07. The van der Waals surface area contributed by atoms with Crippen LogP contribution in [0.15, 0.2) is 24.3 Å². The highest BCUT2D eigenvalue weighted by atomic mass is 32.1. The van der Waals surface area contributed by atoms with Crippen LogP contribution in [0.3, 0.4) is 0 Å². The maximum absolute atomic E-state index is 12.5. The predicted octanol–water partition coefficient (Wildman–Crippen LogP) is 2.12. The molecule has 1 aromatic carbocycles. The Bertz CT molecular complexity index is 848. The Morgan fingerprint density at radius 3 is 2.89 bits per heavy atom. The fourth-order valence-electron chi connectivity index (χ4n) is 3.49. The zero-order chi connectivity index (χ0) is 19.5. The minimum absolute atomic E-state index is 0.0174. The van der Waals surface area contributed by atoms with Crippen molar-refractivity contribution >= 4 is 28.3 Å². The van der Waals surface area contributed by atoms with Crippen LogP contribution in [0.2, 0.25) is 0 Å². The molecule has 9 heteroatoms. The lowest BCUT2D eigenvalue weighted by molar-refractivity contribution is -0.128. The van der Waals surface area contributed by atoms with Gasteiger partial charge in [0.2, 0.25) is 16.9 Å². The molecule has 0 spiro atoms. The Kier molecular flexibility index (Phi) is 5.54. The molecular formula is C19H22N4O4S. The SMILES string of the molecule is O=C(Nc1nnc([C@H]2CCCO2)s1)[C@@H]1CC(=O)N(CCc2ccc(O)cc2)C1. The molecule has 148 valence electrons. The molecule has 2 aliphatic heterocycles. The van der Waals surface area contributed by atoms with Gasteiger partial charge in [0, 0.05) is 26.1 Å². The van der Waals surface area contributed by atoms with Gasteiger partial charge in [-0.05, 0) is 37.0 Å². The summed E-state index contributed by atoms with van der Waals surface area (Å²) in [4.78, 5) is 26.5. The van der Waals surface area contributed by atoms with E-state index in [0.717, 1.165) is 30.0 Å². The zero-order valence-corrected chi connectivity index (χ0v) is 16.2. The number of carbonyl (C=O) groups is 2. The van der Waals surface area contributed by atoms with Crippen LogP contribution in [0, 0.1) is 5.92 Å². The molecule has 2 N–H and O–H groups in total. The lowest BCUT2D eigenvalue weighted by Gasteiger charge is -2.16. The van der Waals surface area contributed by atoms with Gasteiger partial charge in [0.15, 0.2) is 0 Å². The Labute approximate surface area is 166 Å². The number of hydrogen-bond donors (Lipinski definition) is 2. The highest BCUT2D eigenvalue weighted by Crippen LogP contribution is 2.32. The van der Waals surface area contributed by atoms with Crippen LogP contribution in [0.4, 0.5) is 5.13 Å². The molecule has 0 aliphatic carbocycles. The van der Waals surface area contributed by atoms with Crippen LogP contribution in [0.5, 0.6) is 5.75 Å². The molecule has 3 heterocycles. The first-order chi connectivity index (χ1) is 13.6. The maximum atomic E-state index is 12.5. The van der Waals surface area contributed by atoms with Crippen molar-refractivity contribution in [2.75, 3.05) is 25.0 Å². The Morgan fingerprint density at radius 2 is 2.14 bits per heavy atom. The van der Waals surface area contributed by atoms with Gasteiger partial charge >= 0.3 is 0 Å². The van der Waals surface area contributed by atoms with E-state index in [-0.39, 0.29) is 36.0 Å². The van der Waals surface area contributed by atoms with E-state index in [9.17, 15) is 14.7 Å². The second kappa shape index (κ2) is 8.24. The Hall–Kier alpha value is -2.52. The summed E-state index contributed by atoms with van der Waals surface area (Å²) in [7, 11) is 0. The Balaban J connectivity index is 1.29. The number of phenolic OH excluding ortho intramolecular Hbond substituents is 1. The second-order valence-corrected chi connectivity index (χ2v) is 8.10. The number of hydrogen-bond acceptors (Lipinski definition) is 7. The van der Waals surface area contributed by atoms with E-state index in [1.54, 1.807) is 17.0 Å². The third kappa shape index (κ3) is 4.31. The molecule has 0 unspecified atom stereocenters. The number of rotatable bonds is 6. The van der Waals surface area contributed by atoms with Gasteiger partial charge in [0.05, 0.1) is 5.92 Å². The summed E-state index contributed by atoms with van der Waals surface area (Å²) in [5, 5.41) is 21.5. The van der Waals surface area contributed by atoms with Crippen LogP contribution < -0.4 is 5.32 Å². The fraction of sp³-hybridized carbons (Fsp3) is 0.474. The molecule has 2 amide bonds. The van der Waals surface area contributed by atoms with E-state index in [2.05, 4.69) is 15.5 Å². The fourth-order valence-corrected chi connectivity index (χ4v) is 4.32. The number of ether oxygens (including phenoxy) is 1.